The minimum atomic E-state index is -3.71. The molecule has 30 heavy (non-hydrogen) atoms. The van der Waals surface area contributed by atoms with E-state index in [-0.39, 0.29) is 10.8 Å². The third-order valence-electron chi connectivity index (χ3n) is 4.43. The molecule has 3 aromatic carbocycles. The molecule has 0 saturated heterocycles. The van der Waals surface area contributed by atoms with Crippen LogP contribution in [0.25, 0.3) is 0 Å². The van der Waals surface area contributed by atoms with Crippen molar-refractivity contribution in [3.8, 4) is 0 Å². The average Bonchev–Trinajstić information content (AvgIpc) is 2.72. The molecule has 1 amide bonds. The molecular formula is C23H24N2O3S2. The first-order valence-electron chi connectivity index (χ1n) is 9.51. The van der Waals surface area contributed by atoms with Gasteiger partial charge in [-0.3, -0.25) is 9.52 Å². The summed E-state index contributed by atoms with van der Waals surface area (Å²) < 4.78 is 28.0. The topological polar surface area (TPSA) is 75.3 Å². The van der Waals surface area contributed by atoms with Gasteiger partial charge in [-0.25, -0.2) is 8.42 Å². The molecule has 0 fully saturated rings. The summed E-state index contributed by atoms with van der Waals surface area (Å²) in [5.74, 6) is 0.560. The summed E-state index contributed by atoms with van der Waals surface area (Å²) in [5, 5.41) is 2.81. The minimum absolute atomic E-state index is 0.109. The number of carbonyl (C=O) groups excluding carboxylic acids is 1. The molecule has 0 unspecified atom stereocenters. The highest BCUT2D eigenvalue weighted by Crippen LogP contribution is 2.22. The van der Waals surface area contributed by atoms with Crippen LogP contribution in [0.2, 0.25) is 0 Å². The molecule has 3 aromatic rings. The molecule has 0 atom stereocenters. The number of nitrogens with one attached hydrogen (secondary N) is 2. The zero-order valence-corrected chi connectivity index (χ0v) is 18.5. The molecule has 156 valence electrons. The van der Waals surface area contributed by atoms with Gasteiger partial charge in [0.2, 0.25) is 5.91 Å². The van der Waals surface area contributed by atoms with Gasteiger partial charge in [-0.05, 0) is 67.4 Å². The van der Waals surface area contributed by atoms with E-state index in [1.807, 2.05) is 56.3 Å². The number of sulfonamides is 1. The Labute approximate surface area is 182 Å². The number of hydrogen-bond donors (Lipinski definition) is 2. The number of amides is 1. The highest BCUT2D eigenvalue weighted by Gasteiger charge is 2.15. The number of thioether (sulfide) groups is 1. The van der Waals surface area contributed by atoms with Crippen molar-refractivity contribution >= 4 is 39.1 Å². The fourth-order valence-electron chi connectivity index (χ4n) is 2.77. The van der Waals surface area contributed by atoms with Crippen LogP contribution in [0.4, 0.5) is 11.4 Å². The Morgan fingerprint density at radius 3 is 2.33 bits per heavy atom. The SMILES string of the molecule is Cc1ccc(C)c(NS(=O)(=O)c2ccc(NC(=O)CCSc3ccccc3)cc2)c1. The molecular weight excluding hydrogens is 416 g/mol. The van der Waals surface area contributed by atoms with Gasteiger partial charge in [0.1, 0.15) is 0 Å². The molecule has 0 aliphatic rings. The van der Waals surface area contributed by atoms with Crippen LogP contribution in [0, 0.1) is 13.8 Å². The number of carbonyl (C=O) groups is 1. The van der Waals surface area contributed by atoms with Gasteiger partial charge in [0.25, 0.3) is 10.0 Å². The Kier molecular flexibility index (Phi) is 7.18. The monoisotopic (exact) mass is 440 g/mol. The van der Waals surface area contributed by atoms with Crippen molar-refractivity contribution < 1.29 is 13.2 Å². The Balaban J connectivity index is 1.57. The minimum Gasteiger partial charge on any atom is -0.326 e. The third-order valence-corrected chi connectivity index (χ3v) is 6.82. The first-order chi connectivity index (χ1) is 14.3. The largest absolute Gasteiger partial charge is 0.326 e. The van der Waals surface area contributed by atoms with Crippen LogP contribution in [0.15, 0.2) is 82.6 Å². The van der Waals surface area contributed by atoms with Gasteiger partial charge in [0.05, 0.1) is 10.6 Å². The van der Waals surface area contributed by atoms with Gasteiger partial charge in [0, 0.05) is 22.8 Å². The van der Waals surface area contributed by atoms with E-state index in [0.717, 1.165) is 16.0 Å². The lowest BCUT2D eigenvalue weighted by molar-refractivity contribution is -0.115. The molecule has 0 heterocycles. The Morgan fingerprint density at radius 2 is 1.63 bits per heavy atom. The van der Waals surface area contributed by atoms with Crippen LogP contribution in [-0.2, 0) is 14.8 Å². The van der Waals surface area contributed by atoms with E-state index in [9.17, 15) is 13.2 Å². The van der Waals surface area contributed by atoms with Crippen LogP contribution in [0.1, 0.15) is 17.5 Å². The third kappa shape index (κ3) is 6.11. The van der Waals surface area contributed by atoms with Gasteiger partial charge < -0.3 is 5.32 Å². The van der Waals surface area contributed by atoms with Gasteiger partial charge in [-0.1, -0.05) is 30.3 Å². The summed E-state index contributed by atoms with van der Waals surface area (Å²) in [4.78, 5) is 13.4. The van der Waals surface area contributed by atoms with Crippen molar-refractivity contribution in [2.45, 2.75) is 30.1 Å². The maximum atomic E-state index is 12.7. The van der Waals surface area contributed by atoms with Crippen LogP contribution in [0.5, 0.6) is 0 Å². The molecule has 2 N–H and O–H groups in total. The van der Waals surface area contributed by atoms with Crippen LogP contribution in [-0.4, -0.2) is 20.1 Å². The summed E-state index contributed by atoms with van der Waals surface area (Å²) in [6, 6.07) is 21.7. The fourth-order valence-corrected chi connectivity index (χ4v) is 4.76. The van der Waals surface area contributed by atoms with E-state index in [0.29, 0.717) is 23.5 Å². The molecule has 0 aliphatic carbocycles. The lowest BCUT2D eigenvalue weighted by Crippen LogP contribution is -2.15. The molecule has 3 rings (SSSR count). The quantitative estimate of drug-likeness (QED) is 0.471. The smallest absolute Gasteiger partial charge is 0.261 e. The standard InChI is InChI=1S/C23H24N2O3S2/c1-17-8-9-18(2)22(16-17)25-30(27,28)21-12-10-19(11-13-21)24-23(26)14-15-29-20-6-4-3-5-7-20/h3-13,16,25H,14-15H2,1-2H3,(H,24,26). The molecule has 0 spiro atoms. The maximum Gasteiger partial charge on any atom is 0.261 e. The first kappa shape index (κ1) is 21.9. The molecule has 5 nitrogen and oxygen atoms in total. The first-order valence-corrected chi connectivity index (χ1v) is 12.0. The number of aryl methyl sites for hydroxylation is 2. The maximum absolute atomic E-state index is 12.7. The summed E-state index contributed by atoms with van der Waals surface area (Å²) in [6.45, 7) is 3.76. The lowest BCUT2D eigenvalue weighted by Gasteiger charge is -2.12. The fraction of sp³-hybridized carbons (Fsp3) is 0.174. The van der Waals surface area contributed by atoms with Crippen molar-refractivity contribution in [2.24, 2.45) is 0 Å². The van der Waals surface area contributed by atoms with Crippen LogP contribution in [0.3, 0.4) is 0 Å². The molecule has 7 heteroatoms. The molecule has 0 saturated carbocycles. The summed E-state index contributed by atoms with van der Waals surface area (Å²) in [7, 11) is -3.71. The van der Waals surface area contributed by atoms with E-state index < -0.39 is 10.0 Å². The molecule has 0 aliphatic heterocycles. The highest BCUT2D eigenvalue weighted by molar-refractivity contribution is 7.99. The molecule has 0 radical (unpaired) electrons. The summed E-state index contributed by atoms with van der Waals surface area (Å²) in [5.41, 5.74) is 2.95. The van der Waals surface area contributed by atoms with Crippen LogP contribution < -0.4 is 10.0 Å². The zero-order valence-electron chi connectivity index (χ0n) is 16.9. The van der Waals surface area contributed by atoms with E-state index in [2.05, 4.69) is 10.0 Å². The lowest BCUT2D eigenvalue weighted by atomic mass is 10.1. The van der Waals surface area contributed by atoms with Crippen molar-refractivity contribution in [3.05, 3.63) is 83.9 Å². The predicted molar refractivity (Wildman–Crippen MR) is 124 cm³/mol. The molecule has 0 aromatic heterocycles. The molecule has 0 bridgehead atoms. The number of anilines is 2. The summed E-state index contributed by atoms with van der Waals surface area (Å²) >= 11 is 1.62. The number of hydrogen-bond acceptors (Lipinski definition) is 4. The van der Waals surface area contributed by atoms with E-state index >= 15 is 0 Å². The normalized spacial score (nSPS) is 11.1. The number of rotatable bonds is 8. The second-order valence-corrected chi connectivity index (χ2v) is 9.76. The number of benzene rings is 3. The van der Waals surface area contributed by atoms with Gasteiger partial charge in [-0.2, -0.15) is 0 Å². The van der Waals surface area contributed by atoms with E-state index in [1.165, 1.54) is 12.1 Å². The predicted octanol–water partition coefficient (Wildman–Crippen LogP) is 5.23. The Bertz CT molecular complexity index is 1110. The van der Waals surface area contributed by atoms with Crippen molar-refractivity contribution in [2.75, 3.05) is 15.8 Å². The van der Waals surface area contributed by atoms with Crippen molar-refractivity contribution in [1.82, 2.24) is 0 Å². The van der Waals surface area contributed by atoms with Gasteiger partial charge in [-0.15, -0.1) is 11.8 Å². The summed E-state index contributed by atoms with van der Waals surface area (Å²) in [6.07, 6.45) is 0.369. The average molecular weight is 441 g/mol. The highest BCUT2D eigenvalue weighted by atomic mass is 32.2. The van der Waals surface area contributed by atoms with Crippen LogP contribution >= 0.6 is 11.8 Å². The van der Waals surface area contributed by atoms with Gasteiger partial charge in [0.15, 0.2) is 0 Å². The second kappa shape index (κ2) is 9.82. The van der Waals surface area contributed by atoms with Gasteiger partial charge >= 0.3 is 0 Å². The van der Waals surface area contributed by atoms with Crippen molar-refractivity contribution in [1.29, 1.82) is 0 Å². The Morgan fingerprint density at radius 1 is 0.933 bits per heavy atom. The Hall–Kier alpha value is -2.77. The van der Waals surface area contributed by atoms with E-state index in [4.69, 9.17) is 0 Å². The second-order valence-electron chi connectivity index (χ2n) is 6.91. The van der Waals surface area contributed by atoms with E-state index in [1.54, 1.807) is 30.0 Å². The van der Waals surface area contributed by atoms with Crippen molar-refractivity contribution in [3.63, 3.8) is 0 Å². The zero-order chi connectivity index (χ0) is 21.6.